The van der Waals surface area contributed by atoms with E-state index in [-0.39, 0.29) is 24.2 Å². The van der Waals surface area contributed by atoms with Crippen molar-refractivity contribution in [1.82, 2.24) is 4.90 Å². The van der Waals surface area contributed by atoms with Crippen LogP contribution in [0, 0.1) is 11.8 Å². The average Bonchev–Trinajstić information content (AvgIpc) is 3.39. The summed E-state index contributed by atoms with van der Waals surface area (Å²) >= 11 is 0. The van der Waals surface area contributed by atoms with Crippen molar-refractivity contribution in [3.8, 4) is 0 Å². The summed E-state index contributed by atoms with van der Waals surface area (Å²) in [5.41, 5.74) is 7.93. The number of hydrogen-bond acceptors (Lipinski definition) is 4. The molecule has 1 saturated heterocycles. The number of hydrogen-bond donors (Lipinski definition) is 2. The van der Waals surface area contributed by atoms with E-state index in [1.807, 2.05) is 26.0 Å². The van der Waals surface area contributed by atoms with Crippen LogP contribution in [0.1, 0.15) is 26.7 Å². The third-order valence-electron chi connectivity index (χ3n) is 5.09. The molecule has 1 aromatic rings. The smallest absolute Gasteiger partial charge is 0.241 e. The molecule has 140 valence electrons. The molecule has 1 atom stereocenters. The fraction of sp³-hybridized carbons (Fsp3) is 0.632. The molecule has 1 saturated carbocycles. The van der Waals surface area contributed by atoms with Gasteiger partial charge in [0.2, 0.25) is 5.91 Å². The summed E-state index contributed by atoms with van der Waals surface area (Å²) in [6.07, 6.45) is 2.83. The van der Waals surface area contributed by atoms with Crippen molar-refractivity contribution < 1.29 is 4.79 Å². The summed E-state index contributed by atoms with van der Waals surface area (Å²) in [6, 6.07) is 7.63. The maximum absolute atomic E-state index is 12.1. The third kappa shape index (κ3) is 5.59. The van der Waals surface area contributed by atoms with E-state index in [1.54, 1.807) is 0 Å². The molecule has 3 rings (SSSR count). The maximum atomic E-state index is 12.1. The second-order valence-corrected chi connectivity index (χ2v) is 7.54. The highest BCUT2D eigenvalue weighted by atomic mass is 35.5. The molecular weight excluding hydrogens is 336 g/mol. The molecule has 25 heavy (non-hydrogen) atoms. The Morgan fingerprint density at radius 2 is 1.92 bits per heavy atom. The molecule has 2 aliphatic rings. The van der Waals surface area contributed by atoms with Crippen LogP contribution in [0.3, 0.4) is 0 Å². The Labute approximate surface area is 157 Å². The highest BCUT2D eigenvalue weighted by Crippen LogP contribution is 2.30. The van der Waals surface area contributed by atoms with Crippen molar-refractivity contribution in [3.05, 3.63) is 24.3 Å². The first-order valence-electron chi connectivity index (χ1n) is 9.17. The summed E-state index contributed by atoms with van der Waals surface area (Å²) in [4.78, 5) is 17.1. The van der Waals surface area contributed by atoms with Crippen molar-refractivity contribution in [2.75, 3.05) is 42.9 Å². The number of nitrogens with zero attached hydrogens (tertiary/aromatic N) is 2. The summed E-state index contributed by atoms with van der Waals surface area (Å²) in [5, 5.41) is 2.94. The zero-order valence-electron chi connectivity index (χ0n) is 15.3. The molecule has 5 nitrogen and oxygen atoms in total. The number of amides is 1. The molecule has 3 N–H and O–H groups in total. The maximum Gasteiger partial charge on any atom is 0.241 e. The van der Waals surface area contributed by atoms with Gasteiger partial charge >= 0.3 is 0 Å². The topological polar surface area (TPSA) is 61.6 Å². The standard InChI is InChI=1S/C19H30N4O.ClH/c1-14(2)18(20)19(24)21-16-4-3-5-17(12-16)23-10-8-22(9-11-23)13-15-6-7-15;/h3-5,12,14-15,18H,6-11,13,20H2,1-2H3,(H,21,24);1H/t18-;/m0./s1. The van der Waals surface area contributed by atoms with Gasteiger partial charge in [-0.15, -0.1) is 12.4 Å². The van der Waals surface area contributed by atoms with Crippen LogP contribution in [-0.2, 0) is 4.79 Å². The van der Waals surface area contributed by atoms with Crippen molar-refractivity contribution in [2.45, 2.75) is 32.7 Å². The molecule has 0 aromatic heterocycles. The van der Waals surface area contributed by atoms with Crippen molar-refractivity contribution in [3.63, 3.8) is 0 Å². The van der Waals surface area contributed by atoms with E-state index in [0.717, 1.165) is 37.8 Å². The van der Waals surface area contributed by atoms with Gasteiger partial charge in [-0.1, -0.05) is 19.9 Å². The fourth-order valence-corrected chi connectivity index (χ4v) is 3.16. The van der Waals surface area contributed by atoms with Crippen molar-refractivity contribution in [2.24, 2.45) is 17.6 Å². The highest BCUT2D eigenvalue weighted by Gasteiger charge is 2.26. The van der Waals surface area contributed by atoms with E-state index in [4.69, 9.17) is 5.73 Å². The first kappa shape index (κ1) is 20.0. The number of carbonyl (C=O) groups excluding carboxylic acids is 1. The normalized spacial score (nSPS) is 19.4. The number of halogens is 1. The lowest BCUT2D eigenvalue weighted by atomic mass is 10.0. The zero-order valence-corrected chi connectivity index (χ0v) is 16.1. The van der Waals surface area contributed by atoms with Gasteiger partial charge in [-0.05, 0) is 42.9 Å². The Morgan fingerprint density at radius 1 is 1.24 bits per heavy atom. The molecule has 2 fully saturated rings. The SMILES string of the molecule is CC(C)[C@H](N)C(=O)Nc1cccc(N2CCN(CC3CC3)CC2)c1.Cl. The summed E-state index contributed by atoms with van der Waals surface area (Å²) in [5.74, 6) is 0.976. The summed E-state index contributed by atoms with van der Waals surface area (Å²) < 4.78 is 0. The number of benzene rings is 1. The van der Waals surface area contributed by atoms with Gasteiger partial charge in [0.25, 0.3) is 0 Å². The fourth-order valence-electron chi connectivity index (χ4n) is 3.16. The molecule has 1 aliphatic carbocycles. The first-order chi connectivity index (χ1) is 11.5. The predicted molar refractivity (Wildman–Crippen MR) is 107 cm³/mol. The Bertz CT molecular complexity index is 568. The van der Waals surface area contributed by atoms with Crippen molar-refractivity contribution in [1.29, 1.82) is 0 Å². The molecule has 0 spiro atoms. The minimum absolute atomic E-state index is 0. The minimum atomic E-state index is -0.473. The second-order valence-electron chi connectivity index (χ2n) is 7.54. The van der Waals surface area contributed by atoms with Gasteiger partial charge in [-0.2, -0.15) is 0 Å². The molecule has 1 heterocycles. The quantitative estimate of drug-likeness (QED) is 0.812. The van der Waals surface area contributed by atoms with Gasteiger partial charge in [0, 0.05) is 44.1 Å². The van der Waals surface area contributed by atoms with E-state index >= 15 is 0 Å². The molecule has 1 amide bonds. The van der Waals surface area contributed by atoms with Gasteiger partial charge in [0.15, 0.2) is 0 Å². The van der Waals surface area contributed by atoms with Crippen LogP contribution in [0.25, 0.3) is 0 Å². The number of nitrogens with one attached hydrogen (secondary N) is 1. The van der Waals surface area contributed by atoms with E-state index < -0.39 is 6.04 Å². The number of nitrogens with two attached hydrogens (primary N) is 1. The molecule has 1 aromatic carbocycles. The number of rotatable bonds is 6. The Balaban J connectivity index is 0.00000225. The van der Waals surface area contributed by atoms with Crippen LogP contribution in [-0.4, -0.2) is 49.6 Å². The van der Waals surface area contributed by atoms with Gasteiger partial charge < -0.3 is 16.0 Å². The Morgan fingerprint density at radius 3 is 2.52 bits per heavy atom. The number of anilines is 2. The van der Waals surface area contributed by atoms with Crippen LogP contribution in [0.2, 0.25) is 0 Å². The predicted octanol–water partition coefficient (Wildman–Crippen LogP) is 2.56. The molecule has 6 heteroatoms. The first-order valence-corrected chi connectivity index (χ1v) is 9.17. The number of piperazine rings is 1. The lowest BCUT2D eigenvalue weighted by Gasteiger charge is -2.36. The van der Waals surface area contributed by atoms with Gasteiger partial charge in [0.1, 0.15) is 0 Å². The summed E-state index contributed by atoms with van der Waals surface area (Å²) in [6.45, 7) is 9.56. The van der Waals surface area contributed by atoms with Crippen LogP contribution in [0.15, 0.2) is 24.3 Å². The van der Waals surface area contributed by atoms with Crippen LogP contribution in [0.5, 0.6) is 0 Å². The van der Waals surface area contributed by atoms with Crippen LogP contribution >= 0.6 is 12.4 Å². The largest absolute Gasteiger partial charge is 0.369 e. The molecule has 0 bridgehead atoms. The lowest BCUT2D eigenvalue weighted by Crippen LogP contribution is -2.47. The van der Waals surface area contributed by atoms with E-state index in [2.05, 4.69) is 27.2 Å². The Kier molecular flexibility index (Phi) is 7.11. The zero-order chi connectivity index (χ0) is 17.1. The van der Waals surface area contributed by atoms with E-state index in [9.17, 15) is 4.79 Å². The Hall–Kier alpha value is -1.30. The molecule has 1 aliphatic heterocycles. The van der Waals surface area contributed by atoms with E-state index in [0.29, 0.717) is 0 Å². The molecule has 0 unspecified atom stereocenters. The monoisotopic (exact) mass is 366 g/mol. The summed E-state index contributed by atoms with van der Waals surface area (Å²) in [7, 11) is 0. The third-order valence-corrected chi connectivity index (χ3v) is 5.09. The molecule has 0 radical (unpaired) electrons. The molecular formula is C19H31ClN4O. The average molecular weight is 367 g/mol. The van der Waals surface area contributed by atoms with Gasteiger partial charge in [-0.25, -0.2) is 0 Å². The van der Waals surface area contributed by atoms with Gasteiger partial charge in [-0.3, -0.25) is 9.69 Å². The van der Waals surface area contributed by atoms with E-state index in [1.165, 1.54) is 25.1 Å². The lowest BCUT2D eigenvalue weighted by molar-refractivity contribution is -0.118. The minimum Gasteiger partial charge on any atom is -0.369 e. The van der Waals surface area contributed by atoms with Crippen molar-refractivity contribution >= 4 is 29.7 Å². The van der Waals surface area contributed by atoms with Crippen LogP contribution in [0.4, 0.5) is 11.4 Å². The highest BCUT2D eigenvalue weighted by molar-refractivity contribution is 5.95. The van der Waals surface area contributed by atoms with Gasteiger partial charge in [0.05, 0.1) is 6.04 Å². The number of carbonyl (C=O) groups is 1. The van der Waals surface area contributed by atoms with Crippen LogP contribution < -0.4 is 16.0 Å². The second kappa shape index (κ2) is 8.88.